The largest absolute Gasteiger partial charge is 0.466 e. The number of carbonyl (C=O) groups is 1. The third-order valence-electron chi connectivity index (χ3n) is 2.68. The van der Waals surface area contributed by atoms with E-state index >= 15 is 0 Å². The molecule has 0 atom stereocenters. The summed E-state index contributed by atoms with van der Waals surface area (Å²) in [5.74, 6) is -0.326. The molecule has 0 unspecified atom stereocenters. The molecule has 0 saturated heterocycles. The predicted molar refractivity (Wildman–Crippen MR) is 80.5 cm³/mol. The molecule has 0 aliphatic carbocycles. The summed E-state index contributed by atoms with van der Waals surface area (Å²) in [6.07, 6.45) is 0.519. The standard InChI is InChI=1S/C14H20N2O4S/c1-4-20-14(17)10-7-12(3)15-16-21(18,19)13-8-5-11(2)6-9-13/h5-6,8-9,16H,4,7,10H2,1-3H3/b15-12+. The quantitative estimate of drug-likeness (QED) is 0.474. The van der Waals surface area contributed by atoms with Crippen molar-refractivity contribution in [2.24, 2.45) is 5.10 Å². The van der Waals surface area contributed by atoms with Gasteiger partial charge < -0.3 is 4.74 Å². The predicted octanol–water partition coefficient (Wildman–Crippen LogP) is 1.99. The summed E-state index contributed by atoms with van der Waals surface area (Å²) in [5, 5.41) is 3.80. The smallest absolute Gasteiger partial charge is 0.306 e. The van der Waals surface area contributed by atoms with E-state index in [1.165, 1.54) is 12.1 Å². The second-order valence-electron chi connectivity index (χ2n) is 4.56. The number of hydrazone groups is 1. The molecule has 7 heteroatoms. The molecule has 0 aliphatic heterocycles. The zero-order valence-corrected chi connectivity index (χ0v) is 13.2. The van der Waals surface area contributed by atoms with Crippen LogP contribution in [0.25, 0.3) is 0 Å². The summed E-state index contributed by atoms with van der Waals surface area (Å²) in [4.78, 5) is 13.5. The van der Waals surface area contributed by atoms with E-state index in [9.17, 15) is 13.2 Å². The summed E-state index contributed by atoms with van der Waals surface area (Å²) in [7, 11) is -3.67. The fraction of sp³-hybridized carbons (Fsp3) is 0.429. The maximum absolute atomic E-state index is 12.0. The van der Waals surface area contributed by atoms with E-state index in [1.54, 1.807) is 26.0 Å². The Kier molecular flexibility index (Phi) is 6.36. The van der Waals surface area contributed by atoms with Crippen molar-refractivity contribution in [3.63, 3.8) is 0 Å². The van der Waals surface area contributed by atoms with Gasteiger partial charge in [0.2, 0.25) is 0 Å². The van der Waals surface area contributed by atoms with Gasteiger partial charge in [-0.3, -0.25) is 4.79 Å². The highest BCUT2D eigenvalue weighted by atomic mass is 32.2. The van der Waals surface area contributed by atoms with Crippen LogP contribution in [0.1, 0.15) is 32.3 Å². The van der Waals surface area contributed by atoms with Crippen LogP contribution in [0.5, 0.6) is 0 Å². The van der Waals surface area contributed by atoms with Crippen molar-refractivity contribution in [2.75, 3.05) is 6.61 Å². The van der Waals surface area contributed by atoms with E-state index in [2.05, 4.69) is 9.93 Å². The minimum absolute atomic E-state index is 0.148. The molecule has 0 aromatic heterocycles. The molecule has 1 rings (SSSR count). The van der Waals surface area contributed by atoms with Crippen LogP contribution in [0.2, 0.25) is 0 Å². The van der Waals surface area contributed by atoms with Crippen LogP contribution in [0.4, 0.5) is 0 Å². The molecule has 21 heavy (non-hydrogen) atoms. The van der Waals surface area contributed by atoms with Crippen LogP contribution in [0.3, 0.4) is 0 Å². The van der Waals surface area contributed by atoms with E-state index in [-0.39, 0.29) is 17.3 Å². The minimum Gasteiger partial charge on any atom is -0.466 e. The van der Waals surface area contributed by atoms with Crippen molar-refractivity contribution in [1.82, 2.24) is 4.83 Å². The number of nitrogens with one attached hydrogen (secondary N) is 1. The number of sulfonamides is 1. The molecule has 0 spiro atoms. The first kappa shape index (κ1) is 17.2. The van der Waals surface area contributed by atoms with Gasteiger partial charge in [0.1, 0.15) is 0 Å². The van der Waals surface area contributed by atoms with Gasteiger partial charge in [0.15, 0.2) is 0 Å². The fourth-order valence-electron chi connectivity index (χ4n) is 1.48. The van der Waals surface area contributed by atoms with Gasteiger partial charge >= 0.3 is 5.97 Å². The molecule has 0 radical (unpaired) electrons. The summed E-state index contributed by atoms with van der Waals surface area (Å²) in [6.45, 7) is 5.59. The van der Waals surface area contributed by atoms with Gasteiger partial charge in [0.05, 0.1) is 17.9 Å². The first-order valence-corrected chi connectivity index (χ1v) is 8.10. The second-order valence-corrected chi connectivity index (χ2v) is 6.22. The molecule has 0 aliphatic rings. The third-order valence-corrected chi connectivity index (χ3v) is 3.91. The van der Waals surface area contributed by atoms with Crippen molar-refractivity contribution in [3.8, 4) is 0 Å². The van der Waals surface area contributed by atoms with Crippen LogP contribution >= 0.6 is 0 Å². The average molecular weight is 312 g/mol. The Morgan fingerprint density at radius 1 is 1.24 bits per heavy atom. The third kappa shape index (κ3) is 5.95. The van der Waals surface area contributed by atoms with E-state index < -0.39 is 10.0 Å². The molecular weight excluding hydrogens is 292 g/mol. The van der Waals surface area contributed by atoms with Crippen LogP contribution < -0.4 is 4.83 Å². The van der Waals surface area contributed by atoms with E-state index in [0.29, 0.717) is 18.7 Å². The Morgan fingerprint density at radius 3 is 2.43 bits per heavy atom. The fourth-order valence-corrected chi connectivity index (χ4v) is 2.36. The Labute approximate surface area is 125 Å². The van der Waals surface area contributed by atoms with Gasteiger partial charge in [-0.15, -0.1) is 0 Å². The van der Waals surface area contributed by atoms with Crippen LogP contribution in [-0.4, -0.2) is 26.7 Å². The molecule has 1 aromatic carbocycles. The van der Waals surface area contributed by atoms with Crippen molar-refractivity contribution in [3.05, 3.63) is 29.8 Å². The van der Waals surface area contributed by atoms with Crippen molar-refractivity contribution < 1.29 is 17.9 Å². The Hall–Kier alpha value is -1.89. The van der Waals surface area contributed by atoms with Crippen LogP contribution in [-0.2, 0) is 19.6 Å². The zero-order chi connectivity index (χ0) is 15.9. The highest BCUT2D eigenvalue weighted by molar-refractivity contribution is 7.89. The van der Waals surface area contributed by atoms with Crippen molar-refractivity contribution in [2.45, 2.75) is 38.5 Å². The number of aryl methyl sites for hydroxylation is 1. The lowest BCUT2D eigenvalue weighted by molar-refractivity contribution is -0.142. The van der Waals surface area contributed by atoms with E-state index in [4.69, 9.17) is 4.74 Å². The number of hydrogen-bond acceptors (Lipinski definition) is 5. The topological polar surface area (TPSA) is 84.8 Å². The highest BCUT2D eigenvalue weighted by Gasteiger charge is 2.12. The monoisotopic (exact) mass is 312 g/mol. The summed E-state index contributed by atoms with van der Waals surface area (Å²) in [6, 6.07) is 6.46. The van der Waals surface area contributed by atoms with Crippen LogP contribution in [0, 0.1) is 6.92 Å². The van der Waals surface area contributed by atoms with Crippen molar-refractivity contribution >= 4 is 21.7 Å². The lowest BCUT2D eigenvalue weighted by Gasteiger charge is -2.05. The number of rotatable bonds is 7. The number of esters is 1. The zero-order valence-electron chi connectivity index (χ0n) is 12.4. The summed E-state index contributed by atoms with van der Waals surface area (Å²) >= 11 is 0. The van der Waals surface area contributed by atoms with Crippen molar-refractivity contribution in [1.29, 1.82) is 0 Å². The maximum Gasteiger partial charge on any atom is 0.306 e. The van der Waals surface area contributed by atoms with Gasteiger partial charge in [-0.1, -0.05) is 17.7 Å². The molecule has 116 valence electrons. The number of carbonyl (C=O) groups excluding carboxylic acids is 1. The van der Waals surface area contributed by atoms with Gasteiger partial charge in [0, 0.05) is 5.71 Å². The van der Waals surface area contributed by atoms with E-state index in [0.717, 1.165) is 5.56 Å². The molecule has 0 saturated carbocycles. The van der Waals surface area contributed by atoms with E-state index in [1.807, 2.05) is 6.92 Å². The Bertz CT molecular complexity index is 606. The lowest BCUT2D eigenvalue weighted by atomic mass is 10.2. The molecule has 1 N–H and O–H groups in total. The average Bonchev–Trinajstić information content (AvgIpc) is 2.44. The number of nitrogens with zero attached hydrogens (tertiary/aromatic N) is 1. The van der Waals surface area contributed by atoms with Gasteiger partial charge in [-0.2, -0.15) is 13.5 Å². The molecule has 1 aromatic rings. The maximum atomic E-state index is 12.0. The SMILES string of the molecule is CCOC(=O)CC/C(C)=N/NS(=O)(=O)c1ccc(C)cc1. The Morgan fingerprint density at radius 2 is 1.86 bits per heavy atom. The molecular formula is C14H20N2O4S. The van der Waals surface area contributed by atoms with Gasteiger partial charge in [0.25, 0.3) is 10.0 Å². The first-order chi connectivity index (χ1) is 9.85. The molecule has 0 amide bonds. The van der Waals surface area contributed by atoms with Crippen LogP contribution in [0.15, 0.2) is 34.3 Å². The van der Waals surface area contributed by atoms with Gasteiger partial charge in [-0.05, 0) is 39.3 Å². The number of ether oxygens (including phenoxy) is 1. The number of benzene rings is 1. The highest BCUT2D eigenvalue weighted by Crippen LogP contribution is 2.09. The molecule has 0 bridgehead atoms. The summed E-state index contributed by atoms with van der Waals surface area (Å²) in [5.41, 5.74) is 1.49. The molecule has 0 heterocycles. The number of hydrogen-bond donors (Lipinski definition) is 1. The Balaban J connectivity index is 2.61. The molecule has 6 nitrogen and oxygen atoms in total. The lowest BCUT2D eigenvalue weighted by Crippen LogP contribution is -2.20. The minimum atomic E-state index is -3.67. The second kappa shape index (κ2) is 7.78. The first-order valence-electron chi connectivity index (χ1n) is 6.62. The van der Waals surface area contributed by atoms with Gasteiger partial charge in [-0.25, -0.2) is 4.83 Å². The summed E-state index contributed by atoms with van der Waals surface area (Å²) < 4.78 is 28.7. The normalized spacial score (nSPS) is 12.0. The molecule has 0 fully saturated rings.